The molecule has 28 heavy (non-hydrogen) atoms. The average Bonchev–Trinajstić information content (AvgIpc) is 3.04. The topological polar surface area (TPSA) is 92.5 Å². The largest absolute Gasteiger partial charge is 0.340 e. The second-order valence-electron chi connectivity index (χ2n) is 6.58. The Labute approximate surface area is 170 Å². The minimum absolute atomic E-state index is 0. The summed E-state index contributed by atoms with van der Waals surface area (Å²) in [6.07, 6.45) is 0.0364. The molecule has 9 heteroatoms. The standard InChI is InChI=1S/C19H22FN3O3S.ClH/c20-15-6-8-16(9-7-15)27(25,26)22-11-10-19(24)23-12-17(18(21)13-23)14-4-2-1-3-5-14;/h1-9,17-18,22H,10-13,21H2;1H/t17-,18+;/m0./s1. The molecule has 1 amide bonds. The van der Waals surface area contributed by atoms with Gasteiger partial charge in [0, 0.05) is 38.0 Å². The van der Waals surface area contributed by atoms with Gasteiger partial charge in [0.2, 0.25) is 15.9 Å². The predicted octanol–water partition coefficient (Wildman–Crippen LogP) is 1.87. The van der Waals surface area contributed by atoms with Gasteiger partial charge in [0.15, 0.2) is 0 Å². The van der Waals surface area contributed by atoms with Gasteiger partial charge in [-0.1, -0.05) is 30.3 Å². The molecule has 2 aromatic carbocycles. The van der Waals surface area contributed by atoms with Crippen molar-refractivity contribution in [3.8, 4) is 0 Å². The Balaban J connectivity index is 0.00000280. The predicted molar refractivity (Wildman–Crippen MR) is 107 cm³/mol. The van der Waals surface area contributed by atoms with Crippen LogP contribution in [0.1, 0.15) is 17.9 Å². The van der Waals surface area contributed by atoms with Crippen LogP contribution in [0.2, 0.25) is 0 Å². The average molecular weight is 428 g/mol. The Hall–Kier alpha value is -2.00. The second kappa shape index (κ2) is 9.47. The van der Waals surface area contributed by atoms with Crippen molar-refractivity contribution in [2.24, 2.45) is 5.73 Å². The highest BCUT2D eigenvalue weighted by molar-refractivity contribution is 7.89. The van der Waals surface area contributed by atoms with Gasteiger partial charge in [-0.2, -0.15) is 0 Å². The number of nitrogens with zero attached hydrogens (tertiary/aromatic N) is 1. The molecular formula is C19H23ClFN3O3S. The smallest absolute Gasteiger partial charge is 0.240 e. The zero-order chi connectivity index (χ0) is 19.4. The molecule has 0 bridgehead atoms. The van der Waals surface area contributed by atoms with E-state index in [2.05, 4.69) is 4.72 Å². The van der Waals surface area contributed by atoms with E-state index >= 15 is 0 Å². The van der Waals surface area contributed by atoms with Gasteiger partial charge in [-0.25, -0.2) is 17.5 Å². The summed E-state index contributed by atoms with van der Waals surface area (Å²) in [5, 5.41) is 0. The van der Waals surface area contributed by atoms with E-state index in [1.54, 1.807) is 4.90 Å². The van der Waals surface area contributed by atoms with Crippen molar-refractivity contribution < 1.29 is 17.6 Å². The maximum atomic E-state index is 12.9. The van der Waals surface area contributed by atoms with Gasteiger partial charge in [0.1, 0.15) is 5.82 Å². The lowest BCUT2D eigenvalue weighted by molar-refractivity contribution is -0.130. The zero-order valence-electron chi connectivity index (χ0n) is 15.1. The fraction of sp³-hybridized carbons (Fsp3) is 0.316. The molecule has 2 atom stereocenters. The van der Waals surface area contributed by atoms with Crippen molar-refractivity contribution in [3.05, 3.63) is 66.0 Å². The summed E-state index contributed by atoms with van der Waals surface area (Å²) in [6, 6.07) is 14.2. The number of sulfonamides is 1. The first kappa shape index (κ1) is 22.3. The number of hydrogen-bond acceptors (Lipinski definition) is 4. The molecule has 6 nitrogen and oxygen atoms in total. The first-order valence-corrected chi connectivity index (χ1v) is 10.2. The molecule has 2 aromatic rings. The minimum atomic E-state index is -3.77. The molecule has 0 spiro atoms. The molecule has 152 valence electrons. The number of carbonyl (C=O) groups excluding carboxylic acids is 1. The molecule has 1 aliphatic rings. The molecule has 0 saturated carbocycles. The normalized spacial score (nSPS) is 19.3. The van der Waals surface area contributed by atoms with Gasteiger partial charge in [-0.05, 0) is 29.8 Å². The van der Waals surface area contributed by atoms with Crippen molar-refractivity contribution in [1.82, 2.24) is 9.62 Å². The van der Waals surface area contributed by atoms with E-state index in [1.807, 2.05) is 30.3 Å². The summed E-state index contributed by atoms with van der Waals surface area (Å²) in [6.45, 7) is 0.943. The molecule has 1 saturated heterocycles. The number of nitrogens with two attached hydrogens (primary N) is 1. The lowest BCUT2D eigenvalue weighted by Gasteiger charge is -2.16. The summed E-state index contributed by atoms with van der Waals surface area (Å²) in [5.41, 5.74) is 7.28. The van der Waals surface area contributed by atoms with Gasteiger partial charge in [-0.15, -0.1) is 12.4 Å². The van der Waals surface area contributed by atoms with Crippen LogP contribution in [0.15, 0.2) is 59.5 Å². The fourth-order valence-corrected chi connectivity index (χ4v) is 4.26. The van der Waals surface area contributed by atoms with Crippen LogP contribution < -0.4 is 10.5 Å². The summed E-state index contributed by atoms with van der Waals surface area (Å²) in [7, 11) is -3.77. The van der Waals surface area contributed by atoms with E-state index in [-0.39, 0.29) is 48.1 Å². The molecule has 3 rings (SSSR count). The number of halogens is 2. The maximum absolute atomic E-state index is 12.9. The number of carbonyl (C=O) groups is 1. The van der Waals surface area contributed by atoms with Crippen molar-refractivity contribution >= 4 is 28.3 Å². The van der Waals surface area contributed by atoms with Crippen molar-refractivity contribution in [3.63, 3.8) is 0 Å². The Morgan fingerprint density at radius 1 is 1.11 bits per heavy atom. The van der Waals surface area contributed by atoms with E-state index < -0.39 is 15.8 Å². The first-order valence-electron chi connectivity index (χ1n) is 8.70. The van der Waals surface area contributed by atoms with E-state index in [1.165, 1.54) is 12.1 Å². The van der Waals surface area contributed by atoms with Gasteiger partial charge in [-0.3, -0.25) is 4.79 Å². The van der Waals surface area contributed by atoms with E-state index in [9.17, 15) is 17.6 Å². The highest BCUT2D eigenvalue weighted by Crippen LogP contribution is 2.26. The number of nitrogens with one attached hydrogen (secondary N) is 1. The molecule has 0 aliphatic carbocycles. The third-order valence-corrected chi connectivity index (χ3v) is 6.18. The molecule has 0 unspecified atom stereocenters. The lowest BCUT2D eigenvalue weighted by Crippen LogP contribution is -2.34. The van der Waals surface area contributed by atoms with Crippen LogP contribution in [0.5, 0.6) is 0 Å². The van der Waals surface area contributed by atoms with Crippen LogP contribution in [-0.2, 0) is 14.8 Å². The van der Waals surface area contributed by atoms with Crippen LogP contribution in [0.4, 0.5) is 4.39 Å². The SMILES string of the molecule is Cl.N[C@@H]1CN(C(=O)CCNS(=O)(=O)c2ccc(F)cc2)C[C@H]1c1ccccc1. The van der Waals surface area contributed by atoms with Gasteiger partial charge < -0.3 is 10.6 Å². The minimum Gasteiger partial charge on any atom is -0.340 e. The molecule has 0 aromatic heterocycles. The van der Waals surface area contributed by atoms with Crippen LogP contribution in [0.3, 0.4) is 0 Å². The Morgan fingerprint density at radius 3 is 2.39 bits per heavy atom. The van der Waals surface area contributed by atoms with Crippen LogP contribution in [-0.4, -0.2) is 44.9 Å². The quantitative estimate of drug-likeness (QED) is 0.736. The Bertz CT molecular complexity index is 894. The van der Waals surface area contributed by atoms with E-state index in [4.69, 9.17) is 5.73 Å². The summed E-state index contributed by atoms with van der Waals surface area (Å²) in [4.78, 5) is 14.1. The monoisotopic (exact) mass is 427 g/mol. The number of amides is 1. The first-order chi connectivity index (χ1) is 12.9. The number of rotatable bonds is 6. The van der Waals surface area contributed by atoms with Crippen molar-refractivity contribution in [1.29, 1.82) is 0 Å². The Morgan fingerprint density at radius 2 is 1.75 bits per heavy atom. The number of likely N-dealkylation sites (tertiary alicyclic amines) is 1. The van der Waals surface area contributed by atoms with Gasteiger partial charge >= 0.3 is 0 Å². The van der Waals surface area contributed by atoms with Gasteiger partial charge in [0.05, 0.1) is 4.90 Å². The van der Waals surface area contributed by atoms with Crippen LogP contribution in [0.25, 0.3) is 0 Å². The van der Waals surface area contributed by atoms with Crippen LogP contribution in [0, 0.1) is 5.82 Å². The highest BCUT2D eigenvalue weighted by Gasteiger charge is 2.33. The summed E-state index contributed by atoms with van der Waals surface area (Å²) < 4.78 is 39.6. The molecule has 1 fully saturated rings. The third kappa shape index (κ3) is 5.29. The molecule has 0 radical (unpaired) electrons. The second-order valence-corrected chi connectivity index (χ2v) is 8.35. The Kier molecular flexibility index (Phi) is 7.54. The number of benzene rings is 2. The van der Waals surface area contributed by atoms with Crippen molar-refractivity contribution in [2.75, 3.05) is 19.6 Å². The van der Waals surface area contributed by atoms with Crippen molar-refractivity contribution in [2.45, 2.75) is 23.3 Å². The van der Waals surface area contributed by atoms with E-state index in [0.717, 1.165) is 17.7 Å². The molecule has 1 heterocycles. The zero-order valence-corrected chi connectivity index (χ0v) is 16.8. The summed E-state index contributed by atoms with van der Waals surface area (Å²) >= 11 is 0. The molecule has 1 aliphatic heterocycles. The lowest BCUT2D eigenvalue weighted by atomic mass is 9.95. The van der Waals surface area contributed by atoms with Crippen LogP contribution >= 0.6 is 12.4 Å². The number of hydrogen-bond donors (Lipinski definition) is 2. The maximum Gasteiger partial charge on any atom is 0.240 e. The van der Waals surface area contributed by atoms with E-state index in [0.29, 0.717) is 13.1 Å². The molecular weight excluding hydrogens is 405 g/mol. The highest BCUT2D eigenvalue weighted by atomic mass is 35.5. The van der Waals surface area contributed by atoms with Gasteiger partial charge in [0.25, 0.3) is 0 Å². The fourth-order valence-electron chi connectivity index (χ4n) is 3.23. The summed E-state index contributed by atoms with van der Waals surface area (Å²) in [5.74, 6) is -0.584. The third-order valence-electron chi connectivity index (χ3n) is 4.70. The molecule has 3 N–H and O–H groups in total.